The molecule has 1 unspecified atom stereocenters. The van der Waals surface area contributed by atoms with Crippen LogP contribution in [0.15, 0.2) is 34.1 Å². The molecule has 0 spiro atoms. The van der Waals surface area contributed by atoms with Gasteiger partial charge >= 0.3 is 0 Å². The van der Waals surface area contributed by atoms with E-state index in [4.69, 9.17) is 4.74 Å². The first kappa shape index (κ1) is 15.5. The van der Waals surface area contributed by atoms with Crippen LogP contribution in [0, 0.1) is 5.82 Å². The van der Waals surface area contributed by atoms with Crippen LogP contribution in [-0.4, -0.2) is 13.7 Å². The smallest absolute Gasteiger partial charge is 0.134 e. The highest BCUT2D eigenvalue weighted by Gasteiger charge is 2.18. The van der Waals surface area contributed by atoms with Gasteiger partial charge in [-0.3, -0.25) is 0 Å². The van der Waals surface area contributed by atoms with Crippen LogP contribution < -0.4 is 10.1 Å². The molecule has 0 amide bonds. The van der Waals surface area contributed by atoms with Gasteiger partial charge in [-0.2, -0.15) is 0 Å². The normalized spacial score (nSPS) is 12.4. The van der Waals surface area contributed by atoms with Gasteiger partial charge < -0.3 is 10.1 Å². The molecule has 0 radical (unpaired) electrons. The zero-order valence-electron chi connectivity index (χ0n) is 11.5. The topological polar surface area (TPSA) is 21.3 Å². The van der Waals surface area contributed by atoms with Gasteiger partial charge in [0.15, 0.2) is 0 Å². The number of thiophene rings is 1. The largest absolute Gasteiger partial charge is 0.496 e. The Morgan fingerprint density at radius 1 is 1.40 bits per heavy atom. The molecule has 1 N–H and O–H groups in total. The minimum Gasteiger partial charge on any atom is -0.496 e. The lowest BCUT2D eigenvalue weighted by atomic mass is 10.0. The van der Waals surface area contributed by atoms with Gasteiger partial charge in [-0.15, -0.1) is 11.3 Å². The van der Waals surface area contributed by atoms with Crippen LogP contribution in [0.1, 0.15) is 23.4 Å². The molecule has 0 saturated carbocycles. The first-order valence-corrected chi connectivity index (χ1v) is 8.11. The molecule has 2 rings (SSSR count). The number of halogens is 2. The van der Waals surface area contributed by atoms with Crippen LogP contribution in [0.5, 0.6) is 5.75 Å². The summed E-state index contributed by atoms with van der Waals surface area (Å²) in [6, 6.07) is 6.96. The number of benzene rings is 1. The number of hydrogen-bond donors (Lipinski definition) is 1. The Kier molecular flexibility index (Phi) is 5.57. The molecule has 0 aliphatic rings. The van der Waals surface area contributed by atoms with Crippen molar-refractivity contribution < 1.29 is 9.13 Å². The van der Waals surface area contributed by atoms with E-state index in [1.807, 2.05) is 17.5 Å². The van der Waals surface area contributed by atoms with Gasteiger partial charge in [-0.05, 0) is 42.1 Å². The van der Waals surface area contributed by atoms with Crippen LogP contribution in [0.4, 0.5) is 4.39 Å². The SMILES string of the molecule is CCNC(Cc1ccc(F)cc1Br)c1sccc1OC. The highest BCUT2D eigenvalue weighted by atomic mass is 79.9. The second-order valence-electron chi connectivity index (χ2n) is 4.40. The Hall–Kier alpha value is -0.910. The zero-order chi connectivity index (χ0) is 14.5. The minimum atomic E-state index is -0.227. The van der Waals surface area contributed by atoms with Crippen molar-refractivity contribution in [3.05, 3.63) is 50.4 Å². The molecule has 1 atom stereocenters. The average molecular weight is 358 g/mol. The maximum Gasteiger partial charge on any atom is 0.134 e. The van der Waals surface area contributed by atoms with Crippen molar-refractivity contribution in [2.75, 3.05) is 13.7 Å². The number of hydrogen-bond acceptors (Lipinski definition) is 3. The monoisotopic (exact) mass is 357 g/mol. The minimum absolute atomic E-state index is 0.164. The third kappa shape index (κ3) is 3.59. The number of likely N-dealkylation sites (N-methyl/N-ethyl adjacent to an activating group) is 1. The zero-order valence-corrected chi connectivity index (χ0v) is 13.9. The van der Waals surface area contributed by atoms with E-state index >= 15 is 0 Å². The molecule has 1 aromatic heterocycles. The van der Waals surface area contributed by atoms with Gasteiger partial charge in [-0.25, -0.2) is 4.39 Å². The Labute approximate surface area is 131 Å². The number of nitrogens with one attached hydrogen (secondary N) is 1. The summed E-state index contributed by atoms with van der Waals surface area (Å²) in [5, 5.41) is 5.49. The van der Waals surface area contributed by atoms with Gasteiger partial charge in [-0.1, -0.05) is 28.9 Å². The van der Waals surface area contributed by atoms with E-state index in [-0.39, 0.29) is 11.9 Å². The van der Waals surface area contributed by atoms with Gasteiger partial charge in [0, 0.05) is 10.5 Å². The van der Waals surface area contributed by atoms with Crippen molar-refractivity contribution in [1.82, 2.24) is 5.32 Å². The quantitative estimate of drug-likeness (QED) is 0.818. The standard InChI is InChI=1S/C15H17BrFNOS/c1-3-18-13(15-14(19-2)6-7-20-15)8-10-4-5-11(17)9-12(10)16/h4-7,9,13,18H,3,8H2,1-2H3. The molecule has 20 heavy (non-hydrogen) atoms. The predicted molar refractivity (Wildman–Crippen MR) is 85.1 cm³/mol. The maximum atomic E-state index is 13.2. The van der Waals surface area contributed by atoms with E-state index in [9.17, 15) is 4.39 Å². The van der Waals surface area contributed by atoms with E-state index < -0.39 is 0 Å². The summed E-state index contributed by atoms with van der Waals surface area (Å²) in [5.41, 5.74) is 1.08. The molecule has 5 heteroatoms. The molecular weight excluding hydrogens is 341 g/mol. The van der Waals surface area contributed by atoms with Crippen molar-refractivity contribution in [1.29, 1.82) is 0 Å². The van der Waals surface area contributed by atoms with Crippen molar-refractivity contribution in [2.45, 2.75) is 19.4 Å². The third-order valence-electron chi connectivity index (χ3n) is 3.08. The fourth-order valence-electron chi connectivity index (χ4n) is 2.14. The summed E-state index contributed by atoms with van der Waals surface area (Å²) < 4.78 is 19.4. The Morgan fingerprint density at radius 2 is 2.20 bits per heavy atom. The fourth-order valence-corrected chi connectivity index (χ4v) is 3.59. The summed E-state index contributed by atoms with van der Waals surface area (Å²) >= 11 is 5.10. The maximum absolute atomic E-state index is 13.2. The lowest BCUT2D eigenvalue weighted by Gasteiger charge is -2.19. The second kappa shape index (κ2) is 7.20. The molecule has 0 bridgehead atoms. The third-order valence-corrected chi connectivity index (χ3v) is 4.83. The van der Waals surface area contributed by atoms with Crippen molar-refractivity contribution in [3.63, 3.8) is 0 Å². The summed E-state index contributed by atoms with van der Waals surface area (Å²) in [4.78, 5) is 1.17. The van der Waals surface area contributed by atoms with E-state index in [1.54, 1.807) is 18.4 Å². The van der Waals surface area contributed by atoms with Crippen molar-refractivity contribution in [2.24, 2.45) is 0 Å². The van der Waals surface area contributed by atoms with E-state index in [1.165, 1.54) is 17.0 Å². The van der Waals surface area contributed by atoms with E-state index in [0.29, 0.717) is 0 Å². The molecule has 108 valence electrons. The van der Waals surface area contributed by atoms with Gasteiger partial charge in [0.1, 0.15) is 11.6 Å². The fraction of sp³-hybridized carbons (Fsp3) is 0.333. The number of ether oxygens (including phenoxy) is 1. The molecule has 2 aromatic rings. The Balaban J connectivity index is 2.25. The Bertz CT molecular complexity index is 573. The van der Waals surface area contributed by atoms with Gasteiger partial charge in [0.2, 0.25) is 0 Å². The lowest BCUT2D eigenvalue weighted by molar-refractivity contribution is 0.403. The summed E-state index contributed by atoms with van der Waals surface area (Å²) in [5.74, 6) is 0.675. The summed E-state index contributed by atoms with van der Waals surface area (Å²) in [6.07, 6.45) is 0.783. The van der Waals surface area contributed by atoms with Gasteiger partial charge in [0.25, 0.3) is 0 Å². The van der Waals surface area contributed by atoms with Crippen molar-refractivity contribution in [3.8, 4) is 5.75 Å². The number of rotatable bonds is 6. The lowest BCUT2D eigenvalue weighted by Crippen LogP contribution is -2.22. The highest BCUT2D eigenvalue weighted by Crippen LogP contribution is 2.34. The molecule has 0 saturated heterocycles. The van der Waals surface area contributed by atoms with Crippen LogP contribution in [-0.2, 0) is 6.42 Å². The average Bonchev–Trinajstić information content (AvgIpc) is 2.89. The highest BCUT2D eigenvalue weighted by molar-refractivity contribution is 9.10. The summed E-state index contributed by atoms with van der Waals surface area (Å²) in [7, 11) is 1.68. The van der Waals surface area contributed by atoms with Crippen LogP contribution >= 0.6 is 27.3 Å². The first-order chi connectivity index (χ1) is 9.65. The molecule has 2 nitrogen and oxygen atoms in total. The van der Waals surface area contributed by atoms with Crippen molar-refractivity contribution >= 4 is 27.3 Å². The van der Waals surface area contributed by atoms with Crippen LogP contribution in [0.2, 0.25) is 0 Å². The van der Waals surface area contributed by atoms with E-state index in [2.05, 4.69) is 28.2 Å². The first-order valence-electron chi connectivity index (χ1n) is 6.44. The van der Waals surface area contributed by atoms with Gasteiger partial charge in [0.05, 0.1) is 12.0 Å². The molecular formula is C15H17BrFNOS. The molecule has 0 fully saturated rings. The molecule has 0 aliphatic carbocycles. The number of methoxy groups -OCH3 is 1. The molecule has 1 aromatic carbocycles. The predicted octanol–water partition coefficient (Wildman–Crippen LogP) is 4.55. The molecule has 1 heterocycles. The van der Waals surface area contributed by atoms with Crippen LogP contribution in [0.3, 0.4) is 0 Å². The summed E-state index contributed by atoms with van der Waals surface area (Å²) in [6.45, 7) is 2.94. The second-order valence-corrected chi connectivity index (χ2v) is 6.21. The Morgan fingerprint density at radius 3 is 2.85 bits per heavy atom. The van der Waals surface area contributed by atoms with E-state index in [0.717, 1.165) is 28.8 Å². The molecule has 0 aliphatic heterocycles. The van der Waals surface area contributed by atoms with Crippen LogP contribution in [0.25, 0.3) is 0 Å².